The molecule has 0 radical (unpaired) electrons. The molecule has 4 heteroatoms. The molecule has 0 amide bonds. The Labute approximate surface area is 115 Å². The van der Waals surface area contributed by atoms with Gasteiger partial charge in [0.25, 0.3) is 0 Å². The van der Waals surface area contributed by atoms with Gasteiger partial charge in [-0.3, -0.25) is 4.90 Å². The summed E-state index contributed by atoms with van der Waals surface area (Å²) < 4.78 is 0. The van der Waals surface area contributed by atoms with Crippen molar-refractivity contribution in [1.82, 2.24) is 9.80 Å². The van der Waals surface area contributed by atoms with E-state index in [1.54, 1.807) is 6.92 Å². The second kappa shape index (κ2) is 6.01. The van der Waals surface area contributed by atoms with Crippen molar-refractivity contribution in [3.8, 4) is 0 Å². The maximum Gasteiger partial charge on any atom is 0.114 e. The molecule has 2 unspecified atom stereocenters. The van der Waals surface area contributed by atoms with Gasteiger partial charge in [0.1, 0.15) is 5.60 Å². The number of nitrogens with zero attached hydrogens (tertiary/aromatic N) is 2. The van der Waals surface area contributed by atoms with E-state index in [0.717, 1.165) is 31.7 Å². The predicted octanol–water partition coefficient (Wildman–Crippen LogP) is 0.502. The Morgan fingerprint density at radius 2 is 1.74 bits per heavy atom. The minimum absolute atomic E-state index is 0.510. The Morgan fingerprint density at radius 1 is 1.16 bits per heavy atom. The molecule has 0 spiro atoms. The summed E-state index contributed by atoms with van der Waals surface area (Å²) >= 11 is 0. The van der Waals surface area contributed by atoms with Crippen LogP contribution in [0, 0.1) is 0 Å². The summed E-state index contributed by atoms with van der Waals surface area (Å²) in [5, 5.41) is 20.9. The highest BCUT2D eigenvalue weighted by Gasteiger charge is 2.33. The lowest BCUT2D eigenvalue weighted by atomic mass is 9.90. The van der Waals surface area contributed by atoms with E-state index in [-0.39, 0.29) is 0 Å². The quantitative estimate of drug-likeness (QED) is 0.831. The van der Waals surface area contributed by atoms with Crippen LogP contribution in [0.25, 0.3) is 0 Å². The summed E-state index contributed by atoms with van der Waals surface area (Å²) in [6.07, 6.45) is -0.779. The van der Waals surface area contributed by atoms with Crippen molar-refractivity contribution in [1.29, 1.82) is 0 Å². The molecule has 0 aromatic heterocycles. The molecule has 106 valence electrons. The fourth-order valence-corrected chi connectivity index (χ4v) is 2.42. The molecule has 0 saturated carbocycles. The molecule has 1 heterocycles. The first-order valence-corrected chi connectivity index (χ1v) is 6.87. The summed E-state index contributed by atoms with van der Waals surface area (Å²) in [5.41, 5.74) is -0.443. The van der Waals surface area contributed by atoms with Gasteiger partial charge in [-0.25, -0.2) is 0 Å². The molecule has 4 nitrogen and oxygen atoms in total. The smallest absolute Gasteiger partial charge is 0.114 e. The SMILES string of the molecule is CN1CCN(CC(O)C(C)(O)c2ccccc2)CC1. The monoisotopic (exact) mass is 264 g/mol. The molecule has 1 aliphatic heterocycles. The maximum atomic E-state index is 10.5. The fraction of sp³-hybridized carbons (Fsp3) is 0.600. The summed E-state index contributed by atoms with van der Waals surface area (Å²) in [6, 6.07) is 9.38. The number of piperazine rings is 1. The summed E-state index contributed by atoms with van der Waals surface area (Å²) in [5.74, 6) is 0. The largest absolute Gasteiger partial charge is 0.388 e. The van der Waals surface area contributed by atoms with Crippen LogP contribution in [0.3, 0.4) is 0 Å². The van der Waals surface area contributed by atoms with Gasteiger partial charge in [-0.15, -0.1) is 0 Å². The second-order valence-electron chi connectivity index (χ2n) is 5.63. The van der Waals surface area contributed by atoms with Crippen LogP contribution in [0.1, 0.15) is 12.5 Å². The van der Waals surface area contributed by atoms with Crippen molar-refractivity contribution < 1.29 is 10.2 Å². The average molecular weight is 264 g/mol. The molecule has 1 aliphatic rings. The van der Waals surface area contributed by atoms with Crippen molar-refractivity contribution in [2.75, 3.05) is 39.8 Å². The van der Waals surface area contributed by atoms with E-state index >= 15 is 0 Å². The average Bonchev–Trinajstić information content (AvgIpc) is 2.42. The van der Waals surface area contributed by atoms with E-state index in [1.807, 2.05) is 30.3 Å². The minimum Gasteiger partial charge on any atom is -0.388 e. The van der Waals surface area contributed by atoms with Gasteiger partial charge in [0.15, 0.2) is 0 Å². The Balaban J connectivity index is 1.97. The van der Waals surface area contributed by atoms with E-state index in [2.05, 4.69) is 16.8 Å². The fourth-order valence-electron chi connectivity index (χ4n) is 2.42. The molecule has 19 heavy (non-hydrogen) atoms. The van der Waals surface area contributed by atoms with Crippen molar-refractivity contribution in [3.63, 3.8) is 0 Å². The van der Waals surface area contributed by atoms with Crippen LogP contribution < -0.4 is 0 Å². The molecule has 1 saturated heterocycles. The molecule has 0 aliphatic carbocycles. The Bertz CT molecular complexity index is 386. The van der Waals surface area contributed by atoms with Gasteiger partial charge in [-0.2, -0.15) is 0 Å². The van der Waals surface area contributed by atoms with E-state index in [9.17, 15) is 10.2 Å². The van der Waals surface area contributed by atoms with Crippen molar-refractivity contribution in [2.24, 2.45) is 0 Å². The summed E-state index contributed by atoms with van der Waals surface area (Å²) in [4.78, 5) is 4.49. The van der Waals surface area contributed by atoms with Gasteiger partial charge in [0.2, 0.25) is 0 Å². The van der Waals surface area contributed by atoms with Crippen LogP contribution in [0.15, 0.2) is 30.3 Å². The standard InChI is InChI=1S/C15H24N2O2/c1-15(19,13-6-4-3-5-7-13)14(18)12-17-10-8-16(2)9-11-17/h3-7,14,18-19H,8-12H2,1-2H3. The third-order valence-corrected chi connectivity index (χ3v) is 4.03. The number of likely N-dealkylation sites (N-methyl/N-ethyl adjacent to an activating group) is 1. The first-order valence-electron chi connectivity index (χ1n) is 6.87. The van der Waals surface area contributed by atoms with Gasteiger partial charge in [0, 0.05) is 32.7 Å². The van der Waals surface area contributed by atoms with E-state index in [4.69, 9.17) is 0 Å². The van der Waals surface area contributed by atoms with Gasteiger partial charge >= 0.3 is 0 Å². The van der Waals surface area contributed by atoms with Gasteiger partial charge in [-0.05, 0) is 19.5 Å². The lowest BCUT2D eigenvalue weighted by Gasteiger charge is -2.37. The Morgan fingerprint density at radius 3 is 2.32 bits per heavy atom. The topological polar surface area (TPSA) is 46.9 Å². The van der Waals surface area contributed by atoms with Crippen LogP contribution in [0.5, 0.6) is 0 Å². The number of benzene rings is 1. The zero-order chi connectivity index (χ0) is 13.9. The van der Waals surface area contributed by atoms with Crippen LogP contribution >= 0.6 is 0 Å². The molecule has 1 aromatic carbocycles. The van der Waals surface area contributed by atoms with Crippen LogP contribution in [-0.2, 0) is 5.60 Å². The van der Waals surface area contributed by atoms with Gasteiger partial charge in [0.05, 0.1) is 6.10 Å². The molecular formula is C15H24N2O2. The predicted molar refractivity (Wildman–Crippen MR) is 76.0 cm³/mol. The van der Waals surface area contributed by atoms with E-state index in [1.165, 1.54) is 0 Å². The van der Waals surface area contributed by atoms with Crippen molar-refractivity contribution in [2.45, 2.75) is 18.6 Å². The normalized spacial score (nSPS) is 22.9. The number of aliphatic hydroxyl groups is 2. The van der Waals surface area contributed by atoms with Crippen LogP contribution in [0.2, 0.25) is 0 Å². The molecule has 2 rings (SSSR count). The zero-order valence-electron chi connectivity index (χ0n) is 11.8. The second-order valence-corrected chi connectivity index (χ2v) is 5.63. The lowest BCUT2D eigenvalue weighted by molar-refractivity contribution is -0.0821. The zero-order valence-corrected chi connectivity index (χ0v) is 11.8. The number of hydrogen-bond acceptors (Lipinski definition) is 4. The molecule has 0 bridgehead atoms. The highest BCUT2D eigenvalue weighted by molar-refractivity contribution is 5.22. The first-order chi connectivity index (χ1) is 9.00. The highest BCUT2D eigenvalue weighted by atomic mass is 16.3. The molecule has 2 N–H and O–H groups in total. The highest BCUT2D eigenvalue weighted by Crippen LogP contribution is 2.25. The summed E-state index contributed by atoms with van der Waals surface area (Å²) in [7, 11) is 2.11. The molecular weight excluding hydrogens is 240 g/mol. The Kier molecular flexibility index (Phi) is 4.58. The van der Waals surface area contributed by atoms with E-state index in [0.29, 0.717) is 6.54 Å². The summed E-state index contributed by atoms with van der Waals surface area (Å²) in [6.45, 7) is 6.11. The van der Waals surface area contributed by atoms with Crippen LogP contribution in [0.4, 0.5) is 0 Å². The van der Waals surface area contributed by atoms with Crippen LogP contribution in [-0.4, -0.2) is 65.9 Å². The molecule has 1 aromatic rings. The van der Waals surface area contributed by atoms with Crippen molar-refractivity contribution in [3.05, 3.63) is 35.9 Å². The molecule has 2 atom stereocenters. The Hall–Kier alpha value is -0.940. The van der Waals surface area contributed by atoms with Gasteiger partial charge < -0.3 is 15.1 Å². The van der Waals surface area contributed by atoms with Crippen molar-refractivity contribution >= 4 is 0 Å². The number of rotatable bonds is 4. The third-order valence-electron chi connectivity index (χ3n) is 4.03. The number of aliphatic hydroxyl groups excluding tert-OH is 1. The number of hydrogen-bond donors (Lipinski definition) is 2. The lowest BCUT2D eigenvalue weighted by Crippen LogP contribution is -2.51. The number of β-amino-alcohol motifs (C(OH)–C–C–N with tert-alkyl or cyclic N) is 1. The third kappa shape index (κ3) is 3.54. The maximum absolute atomic E-state index is 10.5. The first kappa shape index (κ1) is 14.5. The van der Waals surface area contributed by atoms with Gasteiger partial charge in [-0.1, -0.05) is 30.3 Å². The minimum atomic E-state index is -1.20. The van der Waals surface area contributed by atoms with E-state index < -0.39 is 11.7 Å². The molecule has 1 fully saturated rings.